The predicted octanol–water partition coefficient (Wildman–Crippen LogP) is 2.43. The third-order valence-electron chi connectivity index (χ3n) is 3.29. The molecule has 0 aromatic heterocycles. The van der Waals surface area contributed by atoms with Crippen LogP contribution in [0.2, 0.25) is 5.02 Å². The second-order valence-corrected chi connectivity index (χ2v) is 7.30. The summed E-state index contributed by atoms with van der Waals surface area (Å²) in [6.45, 7) is -1.65. The molecule has 0 bridgehead atoms. The molecule has 2 rings (SSSR count). The molecule has 3 N–H and O–H groups in total. The fourth-order valence-corrected chi connectivity index (χ4v) is 2.94. The summed E-state index contributed by atoms with van der Waals surface area (Å²) in [7, 11) is -4.59. The zero-order valence-corrected chi connectivity index (χ0v) is 14.9. The van der Waals surface area contributed by atoms with Crippen molar-refractivity contribution < 1.29 is 32.7 Å². The van der Waals surface area contributed by atoms with E-state index in [1.165, 1.54) is 36.4 Å². The van der Waals surface area contributed by atoms with Gasteiger partial charge in [0.05, 0.1) is 6.54 Å². The molecule has 0 unspecified atom stereocenters. The number of nitrogens with one attached hydrogen (secondary N) is 1. The molecular formula is C16H15ClF2NO5P. The highest BCUT2D eigenvalue weighted by Gasteiger charge is 2.32. The van der Waals surface area contributed by atoms with Crippen LogP contribution in [0.1, 0.15) is 5.56 Å². The molecular weight excluding hydrogens is 391 g/mol. The molecule has 0 aliphatic rings. The predicted molar refractivity (Wildman–Crippen MR) is 92.0 cm³/mol. The van der Waals surface area contributed by atoms with Gasteiger partial charge in [0, 0.05) is 10.6 Å². The first-order chi connectivity index (χ1) is 12.1. The van der Waals surface area contributed by atoms with E-state index in [0.717, 1.165) is 12.1 Å². The van der Waals surface area contributed by atoms with Crippen LogP contribution < -0.4 is 15.4 Å². The Labute approximate surface area is 152 Å². The van der Waals surface area contributed by atoms with Gasteiger partial charge in [-0.05, 0) is 24.3 Å². The maximum atomic E-state index is 14.1. The number of hydrogen-bond acceptors (Lipinski definition) is 3. The summed E-state index contributed by atoms with van der Waals surface area (Å²) >= 11 is 5.68. The number of alkyl halides is 2. The van der Waals surface area contributed by atoms with E-state index in [-0.39, 0.29) is 16.3 Å². The number of carbonyl (C=O) groups excluding carboxylic acids is 1. The van der Waals surface area contributed by atoms with Gasteiger partial charge in [-0.25, -0.2) is 0 Å². The van der Waals surface area contributed by atoms with Crippen molar-refractivity contribution in [3.8, 4) is 5.75 Å². The SMILES string of the molecule is O=C(COc1ccccc1P(=O)(O)O)NCC(F)(F)c1cccc(Cl)c1. The Morgan fingerprint density at radius 2 is 1.88 bits per heavy atom. The molecule has 1 amide bonds. The molecule has 2 aromatic rings. The van der Waals surface area contributed by atoms with Crippen LogP contribution in [0.15, 0.2) is 48.5 Å². The molecule has 10 heteroatoms. The van der Waals surface area contributed by atoms with Crippen molar-refractivity contribution in [2.75, 3.05) is 13.2 Å². The maximum Gasteiger partial charge on any atom is 0.359 e. The first kappa shape index (κ1) is 20.3. The summed E-state index contributed by atoms with van der Waals surface area (Å²) in [5.41, 5.74) is -0.349. The summed E-state index contributed by atoms with van der Waals surface area (Å²) in [4.78, 5) is 30.2. The summed E-state index contributed by atoms with van der Waals surface area (Å²) in [6, 6.07) is 10.4. The van der Waals surface area contributed by atoms with Gasteiger partial charge in [-0.3, -0.25) is 9.36 Å². The first-order valence-electron chi connectivity index (χ1n) is 7.28. The van der Waals surface area contributed by atoms with Crippen molar-refractivity contribution in [2.24, 2.45) is 0 Å². The third-order valence-corrected chi connectivity index (χ3v) is 4.52. The molecule has 140 valence electrons. The van der Waals surface area contributed by atoms with E-state index in [9.17, 15) is 27.9 Å². The number of rotatable bonds is 7. The lowest BCUT2D eigenvalue weighted by molar-refractivity contribution is -0.125. The minimum absolute atomic E-state index is 0.144. The van der Waals surface area contributed by atoms with E-state index >= 15 is 0 Å². The monoisotopic (exact) mass is 405 g/mol. The largest absolute Gasteiger partial charge is 0.483 e. The third kappa shape index (κ3) is 5.51. The molecule has 2 aromatic carbocycles. The average molecular weight is 406 g/mol. The molecule has 0 spiro atoms. The Morgan fingerprint density at radius 3 is 2.54 bits per heavy atom. The summed E-state index contributed by atoms with van der Waals surface area (Å²) in [5, 5.41) is 1.77. The van der Waals surface area contributed by atoms with Crippen LogP contribution in [0.3, 0.4) is 0 Å². The number of halogens is 3. The van der Waals surface area contributed by atoms with E-state index < -0.39 is 37.9 Å². The Kier molecular flexibility index (Phi) is 6.36. The van der Waals surface area contributed by atoms with Crippen LogP contribution in [0, 0.1) is 0 Å². The number of hydrogen-bond donors (Lipinski definition) is 3. The van der Waals surface area contributed by atoms with Crippen LogP contribution in [-0.2, 0) is 15.3 Å². The molecule has 0 saturated carbocycles. The number of benzene rings is 2. The minimum atomic E-state index is -4.59. The molecule has 0 saturated heterocycles. The lowest BCUT2D eigenvalue weighted by atomic mass is 10.1. The van der Waals surface area contributed by atoms with Gasteiger partial charge in [-0.1, -0.05) is 35.9 Å². The number of para-hydroxylation sites is 1. The normalized spacial score (nSPS) is 11.9. The molecule has 26 heavy (non-hydrogen) atoms. The molecule has 0 radical (unpaired) electrons. The summed E-state index contributed by atoms with van der Waals surface area (Å²) < 4.78 is 44.5. The zero-order chi connectivity index (χ0) is 19.4. The molecule has 0 aliphatic heterocycles. The molecule has 0 aliphatic carbocycles. The second-order valence-electron chi connectivity index (χ2n) is 5.29. The molecule has 6 nitrogen and oxygen atoms in total. The number of amides is 1. The lowest BCUT2D eigenvalue weighted by Crippen LogP contribution is -2.37. The summed E-state index contributed by atoms with van der Waals surface area (Å²) in [5.74, 6) is -4.41. The Bertz CT molecular complexity index is 843. The fourth-order valence-electron chi connectivity index (χ4n) is 2.04. The Morgan fingerprint density at radius 1 is 1.19 bits per heavy atom. The van der Waals surface area contributed by atoms with Gasteiger partial charge in [0.1, 0.15) is 11.1 Å². The van der Waals surface area contributed by atoms with Crippen LogP contribution >= 0.6 is 19.2 Å². The zero-order valence-electron chi connectivity index (χ0n) is 13.2. The first-order valence-corrected chi connectivity index (χ1v) is 9.27. The van der Waals surface area contributed by atoms with Crippen LogP contribution in [0.4, 0.5) is 8.78 Å². The van der Waals surface area contributed by atoms with Crippen molar-refractivity contribution >= 4 is 30.4 Å². The van der Waals surface area contributed by atoms with E-state index in [1.807, 2.05) is 5.32 Å². The van der Waals surface area contributed by atoms with Crippen molar-refractivity contribution in [1.82, 2.24) is 5.32 Å². The van der Waals surface area contributed by atoms with Gasteiger partial charge in [0.2, 0.25) is 0 Å². The Hall–Kier alpha value is -1.99. The minimum Gasteiger partial charge on any atom is -0.483 e. The van der Waals surface area contributed by atoms with Crippen LogP contribution in [-0.4, -0.2) is 28.8 Å². The van der Waals surface area contributed by atoms with Gasteiger partial charge in [-0.2, -0.15) is 8.78 Å². The number of ether oxygens (including phenoxy) is 1. The highest BCUT2D eigenvalue weighted by Crippen LogP contribution is 2.37. The van der Waals surface area contributed by atoms with Gasteiger partial charge in [0.25, 0.3) is 11.8 Å². The standard InChI is InChI=1S/C16H15ClF2NO5P/c17-12-5-3-4-11(8-12)16(18,19)10-20-15(21)9-25-13-6-1-2-7-14(13)26(22,23)24/h1-8H,9-10H2,(H,20,21)(H2,22,23,24). The van der Waals surface area contributed by atoms with Gasteiger partial charge in [-0.15, -0.1) is 0 Å². The lowest BCUT2D eigenvalue weighted by Gasteiger charge is -2.18. The second kappa shape index (κ2) is 8.14. The quantitative estimate of drug-likeness (QED) is 0.615. The maximum absolute atomic E-state index is 14.1. The van der Waals surface area contributed by atoms with Gasteiger partial charge >= 0.3 is 7.60 Å². The van der Waals surface area contributed by atoms with E-state index in [1.54, 1.807) is 0 Å². The topological polar surface area (TPSA) is 95.9 Å². The smallest absolute Gasteiger partial charge is 0.359 e. The summed E-state index contributed by atoms with van der Waals surface area (Å²) in [6.07, 6.45) is 0. The van der Waals surface area contributed by atoms with Crippen molar-refractivity contribution in [1.29, 1.82) is 0 Å². The Balaban J connectivity index is 1.95. The van der Waals surface area contributed by atoms with Gasteiger partial charge in [0.15, 0.2) is 6.61 Å². The molecule has 0 atom stereocenters. The molecule has 0 heterocycles. The average Bonchev–Trinajstić information content (AvgIpc) is 2.57. The fraction of sp³-hybridized carbons (Fsp3) is 0.188. The van der Waals surface area contributed by atoms with E-state index in [2.05, 4.69) is 0 Å². The van der Waals surface area contributed by atoms with Crippen LogP contribution in [0.25, 0.3) is 0 Å². The van der Waals surface area contributed by atoms with E-state index in [0.29, 0.717) is 0 Å². The highest BCUT2D eigenvalue weighted by atomic mass is 35.5. The van der Waals surface area contributed by atoms with Crippen LogP contribution in [0.5, 0.6) is 5.75 Å². The molecule has 0 fully saturated rings. The highest BCUT2D eigenvalue weighted by molar-refractivity contribution is 7.60. The van der Waals surface area contributed by atoms with Crippen molar-refractivity contribution in [3.05, 3.63) is 59.1 Å². The van der Waals surface area contributed by atoms with Gasteiger partial charge < -0.3 is 19.8 Å². The van der Waals surface area contributed by atoms with Crippen molar-refractivity contribution in [2.45, 2.75) is 5.92 Å². The van der Waals surface area contributed by atoms with E-state index in [4.69, 9.17) is 16.3 Å². The number of carbonyl (C=O) groups is 1. The van der Waals surface area contributed by atoms with Crippen molar-refractivity contribution in [3.63, 3.8) is 0 Å².